The van der Waals surface area contributed by atoms with Gasteiger partial charge in [-0.2, -0.15) is 0 Å². The van der Waals surface area contributed by atoms with E-state index in [1.54, 1.807) is 0 Å². The Morgan fingerprint density at radius 3 is 2.00 bits per heavy atom. The SMILES string of the molecule is C=C1/C=C\C2CC2CN(C)C(=C/C)/C(=C\C)O1.CCC(C)c1cc(-c2ccccc2)cc(-c2ccccc2)c1. The van der Waals surface area contributed by atoms with Gasteiger partial charge in [-0.1, -0.05) is 105 Å². The molecule has 1 saturated carbocycles. The highest BCUT2D eigenvalue weighted by Gasteiger charge is 2.36. The van der Waals surface area contributed by atoms with Crippen LogP contribution in [0.3, 0.4) is 0 Å². The van der Waals surface area contributed by atoms with Crippen LogP contribution < -0.4 is 0 Å². The van der Waals surface area contributed by atoms with Crippen LogP contribution in [0.1, 0.15) is 52.0 Å². The zero-order chi connectivity index (χ0) is 27.8. The van der Waals surface area contributed by atoms with Gasteiger partial charge in [0, 0.05) is 13.6 Å². The van der Waals surface area contributed by atoms with Crippen LogP contribution in [0.2, 0.25) is 0 Å². The number of nitrogens with zero attached hydrogens (tertiary/aromatic N) is 1. The van der Waals surface area contributed by atoms with Crippen molar-refractivity contribution < 1.29 is 4.74 Å². The average Bonchev–Trinajstić information content (AvgIpc) is 3.73. The van der Waals surface area contributed by atoms with Crippen molar-refractivity contribution >= 4 is 0 Å². The molecule has 3 aromatic rings. The summed E-state index contributed by atoms with van der Waals surface area (Å²) in [5.41, 5.74) is 7.74. The van der Waals surface area contributed by atoms with Crippen LogP contribution in [0.4, 0.5) is 0 Å². The molecule has 0 spiro atoms. The number of likely N-dealkylation sites (N-methyl/N-ethyl adjacent to an activating group) is 1. The van der Waals surface area contributed by atoms with Crippen molar-refractivity contribution in [2.75, 3.05) is 13.6 Å². The maximum atomic E-state index is 5.79. The highest BCUT2D eigenvalue weighted by Crippen LogP contribution is 2.41. The molecular formula is C37H43NO. The highest BCUT2D eigenvalue weighted by molar-refractivity contribution is 5.74. The van der Waals surface area contributed by atoms with E-state index in [1.165, 1.54) is 34.2 Å². The molecule has 2 aliphatic rings. The van der Waals surface area contributed by atoms with Crippen LogP contribution in [-0.2, 0) is 4.74 Å². The van der Waals surface area contributed by atoms with Crippen molar-refractivity contribution in [1.29, 1.82) is 0 Å². The van der Waals surface area contributed by atoms with E-state index in [2.05, 4.69) is 123 Å². The largest absolute Gasteiger partial charge is 0.456 e. The summed E-state index contributed by atoms with van der Waals surface area (Å²) < 4.78 is 5.79. The number of fused-ring (bicyclic) bond motifs is 1. The molecule has 1 aliphatic heterocycles. The van der Waals surface area contributed by atoms with Crippen LogP contribution >= 0.6 is 0 Å². The van der Waals surface area contributed by atoms with Crippen LogP contribution in [-0.4, -0.2) is 18.5 Å². The van der Waals surface area contributed by atoms with Crippen molar-refractivity contribution in [1.82, 2.24) is 4.90 Å². The number of allylic oxidation sites excluding steroid dienone is 4. The van der Waals surface area contributed by atoms with Gasteiger partial charge >= 0.3 is 0 Å². The minimum absolute atomic E-state index is 0.575. The Labute approximate surface area is 236 Å². The second-order valence-electron chi connectivity index (χ2n) is 10.7. The lowest BCUT2D eigenvalue weighted by Gasteiger charge is -2.25. The molecule has 3 unspecified atom stereocenters. The fourth-order valence-corrected chi connectivity index (χ4v) is 5.15. The van der Waals surface area contributed by atoms with Gasteiger partial charge in [0.15, 0.2) is 0 Å². The van der Waals surface area contributed by atoms with Gasteiger partial charge in [0.1, 0.15) is 11.5 Å². The average molecular weight is 518 g/mol. The third-order valence-electron chi connectivity index (χ3n) is 7.81. The lowest BCUT2D eigenvalue weighted by molar-refractivity contribution is 0.285. The molecule has 3 aromatic carbocycles. The molecule has 202 valence electrons. The van der Waals surface area contributed by atoms with E-state index in [-0.39, 0.29) is 0 Å². The molecule has 39 heavy (non-hydrogen) atoms. The van der Waals surface area contributed by atoms with Gasteiger partial charge < -0.3 is 9.64 Å². The van der Waals surface area contributed by atoms with E-state index in [1.807, 2.05) is 26.0 Å². The zero-order valence-corrected chi connectivity index (χ0v) is 24.2. The molecule has 1 aliphatic carbocycles. The predicted octanol–water partition coefficient (Wildman–Crippen LogP) is 10.00. The molecular weight excluding hydrogens is 474 g/mol. The molecule has 2 heteroatoms. The summed E-state index contributed by atoms with van der Waals surface area (Å²) in [5, 5.41) is 0. The Bertz CT molecular complexity index is 1270. The zero-order valence-electron chi connectivity index (χ0n) is 24.2. The van der Waals surface area contributed by atoms with E-state index < -0.39 is 0 Å². The molecule has 0 N–H and O–H groups in total. The maximum absolute atomic E-state index is 5.79. The van der Waals surface area contributed by atoms with E-state index in [9.17, 15) is 0 Å². The quantitative estimate of drug-likeness (QED) is 0.341. The monoisotopic (exact) mass is 517 g/mol. The molecule has 0 aromatic heterocycles. The minimum atomic E-state index is 0.575. The fourth-order valence-electron chi connectivity index (χ4n) is 5.15. The third-order valence-corrected chi connectivity index (χ3v) is 7.81. The van der Waals surface area contributed by atoms with Crippen LogP contribution in [0.5, 0.6) is 0 Å². The Balaban J connectivity index is 0.000000187. The summed E-state index contributed by atoms with van der Waals surface area (Å²) in [6, 6.07) is 28.3. The minimum Gasteiger partial charge on any atom is -0.456 e. The summed E-state index contributed by atoms with van der Waals surface area (Å²) in [7, 11) is 2.13. The molecule has 1 fully saturated rings. The molecule has 0 amide bonds. The summed E-state index contributed by atoms with van der Waals surface area (Å²) in [6.45, 7) is 13.6. The van der Waals surface area contributed by atoms with Crippen molar-refractivity contribution in [3.05, 3.63) is 133 Å². The lowest BCUT2D eigenvalue weighted by Crippen LogP contribution is -2.23. The lowest BCUT2D eigenvalue weighted by atomic mass is 9.90. The second-order valence-corrected chi connectivity index (χ2v) is 10.7. The Morgan fingerprint density at radius 1 is 0.897 bits per heavy atom. The topological polar surface area (TPSA) is 12.5 Å². The summed E-state index contributed by atoms with van der Waals surface area (Å²) in [5.74, 6) is 3.69. The van der Waals surface area contributed by atoms with Gasteiger partial charge in [0.25, 0.3) is 0 Å². The first-order valence-corrected chi connectivity index (χ1v) is 14.3. The molecule has 1 heterocycles. The first kappa shape index (κ1) is 28.2. The molecule has 0 radical (unpaired) electrons. The highest BCUT2D eigenvalue weighted by atomic mass is 16.5. The predicted molar refractivity (Wildman–Crippen MR) is 167 cm³/mol. The first-order valence-electron chi connectivity index (χ1n) is 14.3. The number of rotatable bonds is 4. The number of hydrogen-bond donors (Lipinski definition) is 0. The molecule has 0 saturated heterocycles. The van der Waals surface area contributed by atoms with Crippen LogP contribution in [0.15, 0.2) is 127 Å². The van der Waals surface area contributed by atoms with Gasteiger partial charge in [-0.05, 0) is 90.5 Å². The van der Waals surface area contributed by atoms with Gasteiger partial charge in [-0.15, -0.1) is 0 Å². The summed E-state index contributed by atoms with van der Waals surface area (Å²) in [4.78, 5) is 2.28. The number of benzene rings is 3. The molecule has 2 nitrogen and oxygen atoms in total. The van der Waals surface area contributed by atoms with E-state index in [0.717, 1.165) is 36.1 Å². The van der Waals surface area contributed by atoms with E-state index >= 15 is 0 Å². The summed E-state index contributed by atoms with van der Waals surface area (Å²) in [6.07, 6.45) is 10.8. The van der Waals surface area contributed by atoms with Crippen molar-refractivity contribution in [2.24, 2.45) is 11.8 Å². The Kier molecular flexibility index (Phi) is 9.65. The Hall–Kier alpha value is -3.78. The fraction of sp³-hybridized carbons (Fsp3) is 0.297. The van der Waals surface area contributed by atoms with Crippen molar-refractivity contribution in [3.63, 3.8) is 0 Å². The molecule has 0 bridgehead atoms. The third kappa shape index (κ3) is 7.41. The van der Waals surface area contributed by atoms with Gasteiger partial charge in [0.2, 0.25) is 0 Å². The maximum Gasteiger partial charge on any atom is 0.146 e. The van der Waals surface area contributed by atoms with E-state index in [4.69, 9.17) is 4.74 Å². The van der Waals surface area contributed by atoms with Gasteiger partial charge in [0.05, 0.1) is 5.70 Å². The number of hydrogen-bond acceptors (Lipinski definition) is 2. The Morgan fingerprint density at radius 2 is 1.49 bits per heavy atom. The number of ether oxygens (including phenoxy) is 1. The standard InChI is InChI=1S/C22H22.C15H21NO/c1-3-17(2)20-14-21(18-10-6-4-7-11-18)16-22(15-20)19-12-8-5-9-13-19;1-5-14-15(6-2)17-11(3)7-8-12-9-13(12)10-16(14)4/h4-17H,3H2,1-2H3;5-8,12-13H,3,9-10H2,1-2,4H3/b;8-7-,14-5+,15-6+. The van der Waals surface area contributed by atoms with Crippen LogP contribution in [0, 0.1) is 11.8 Å². The first-order chi connectivity index (χ1) is 18.9. The van der Waals surface area contributed by atoms with Crippen LogP contribution in [0.25, 0.3) is 22.3 Å². The van der Waals surface area contributed by atoms with E-state index in [0.29, 0.717) is 11.8 Å². The van der Waals surface area contributed by atoms with Gasteiger partial charge in [-0.3, -0.25) is 0 Å². The molecule has 3 atom stereocenters. The summed E-state index contributed by atoms with van der Waals surface area (Å²) >= 11 is 0. The van der Waals surface area contributed by atoms with Crippen molar-refractivity contribution in [3.8, 4) is 22.3 Å². The smallest absolute Gasteiger partial charge is 0.146 e. The molecule has 5 rings (SSSR count). The second kappa shape index (κ2) is 13.3. The van der Waals surface area contributed by atoms with Crippen molar-refractivity contribution in [2.45, 2.75) is 46.5 Å². The normalized spacial score (nSPS) is 22.3. The van der Waals surface area contributed by atoms with Gasteiger partial charge in [-0.25, -0.2) is 0 Å².